The number of phenols is 2. The van der Waals surface area contributed by atoms with E-state index in [4.69, 9.17) is 18.9 Å². The molecule has 0 fully saturated rings. The molecule has 0 spiro atoms. The van der Waals surface area contributed by atoms with Crippen molar-refractivity contribution in [2.75, 3.05) is 0 Å². The Kier molecular flexibility index (Phi) is 8.90. The van der Waals surface area contributed by atoms with Crippen molar-refractivity contribution in [2.45, 2.75) is 33.1 Å². The summed E-state index contributed by atoms with van der Waals surface area (Å²) in [4.78, 5) is 23.7. The maximum atomic E-state index is 11.9. The first-order valence-corrected chi connectivity index (χ1v) is 13.3. The zero-order chi connectivity index (χ0) is 31.3. The van der Waals surface area contributed by atoms with E-state index in [1.54, 1.807) is 48.5 Å². The third-order valence-electron chi connectivity index (χ3n) is 6.63. The van der Waals surface area contributed by atoms with Gasteiger partial charge in [0.15, 0.2) is 23.0 Å². The number of carbonyl (C=O) groups is 2. The van der Waals surface area contributed by atoms with E-state index in [-0.39, 0.29) is 45.6 Å². The number of benzene rings is 4. The van der Waals surface area contributed by atoms with Crippen molar-refractivity contribution >= 4 is 11.9 Å². The first-order chi connectivity index (χ1) is 20.4. The molecule has 4 rings (SSSR count). The Morgan fingerprint density at radius 2 is 0.907 bits per heavy atom. The minimum absolute atomic E-state index is 0.0233. The van der Waals surface area contributed by atoms with Gasteiger partial charge in [-0.05, 0) is 73.5 Å². The molecule has 0 amide bonds. The topological polar surface area (TPSA) is 112 Å². The summed E-state index contributed by atoms with van der Waals surface area (Å²) >= 11 is 0. The molecule has 0 radical (unpaired) electrons. The normalized spacial score (nSPS) is 10.9. The number of hydrogen-bond donors (Lipinski definition) is 2. The summed E-state index contributed by atoms with van der Waals surface area (Å²) in [5, 5.41) is 21.1. The second kappa shape index (κ2) is 12.6. The predicted octanol–water partition coefficient (Wildman–Crippen LogP) is 7.97. The van der Waals surface area contributed by atoms with Gasteiger partial charge in [0.05, 0.1) is 0 Å². The number of phenolic OH excluding ortho intramolecular Hbond substituents is 2. The van der Waals surface area contributed by atoms with Crippen molar-refractivity contribution in [1.29, 1.82) is 0 Å². The average molecular weight is 581 g/mol. The van der Waals surface area contributed by atoms with Gasteiger partial charge >= 0.3 is 11.9 Å². The molecule has 0 aliphatic carbocycles. The van der Waals surface area contributed by atoms with Gasteiger partial charge in [-0.1, -0.05) is 63.4 Å². The predicted molar refractivity (Wildman–Crippen MR) is 162 cm³/mol. The van der Waals surface area contributed by atoms with Gasteiger partial charge in [0, 0.05) is 16.6 Å². The standard InChI is InChI=1S/C35H32O8/c1-21(2)33(38)42-29-11-7-9-27(31(29)36)40-25-17-13-23(14-18-25)35(5,6)24-15-19-26(20-16-24)41-28-10-8-12-30(32(28)37)43-34(39)22(3)4/h7-20,36-37H,1,3H2,2,4-6H3. The summed E-state index contributed by atoms with van der Waals surface area (Å²) in [6.45, 7) is 14.3. The highest BCUT2D eigenvalue weighted by Crippen LogP contribution is 2.41. The maximum Gasteiger partial charge on any atom is 0.338 e. The van der Waals surface area contributed by atoms with Crippen LogP contribution in [0.25, 0.3) is 0 Å². The summed E-state index contributed by atoms with van der Waals surface area (Å²) in [6.07, 6.45) is 0. The Hall–Kier alpha value is -5.50. The van der Waals surface area contributed by atoms with E-state index < -0.39 is 17.4 Å². The van der Waals surface area contributed by atoms with Crippen LogP contribution < -0.4 is 18.9 Å². The SMILES string of the molecule is C=C(C)C(=O)Oc1cccc(Oc2ccc(C(C)(C)c3ccc(Oc4cccc(OC(=O)C(=C)C)c4O)cc3)cc2)c1O. The van der Waals surface area contributed by atoms with Crippen LogP contribution in [0.2, 0.25) is 0 Å². The molecule has 8 nitrogen and oxygen atoms in total. The average Bonchev–Trinajstić information content (AvgIpc) is 2.97. The monoisotopic (exact) mass is 580 g/mol. The van der Waals surface area contributed by atoms with Gasteiger partial charge in [0.25, 0.3) is 0 Å². The molecule has 220 valence electrons. The van der Waals surface area contributed by atoms with Gasteiger partial charge in [-0.2, -0.15) is 0 Å². The molecule has 0 bridgehead atoms. The molecular formula is C35H32O8. The van der Waals surface area contributed by atoms with Crippen LogP contribution in [0.3, 0.4) is 0 Å². The van der Waals surface area contributed by atoms with Gasteiger partial charge in [0.1, 0.15) is 11.5 Å². The number of ether oxygens (including phenoxy) is 4. The summed E-state index contributed by atoms with van der Waals surface area (Å²) in [6, 6.07) is 24.2. The summed E-state index contributed by atoms with van der Waals surface area (Å²) in [5.74, 6) is -0.681. The second-order valence-corrected chi connectivity index (χ2v) is 10.4. The quantitative estimate of drug-likeness (QED) is 0.110. The molecule has 0 heterocycles. The lowest BCUT2D eigenvalue weighted by Crippen LogP contribution is -2.18. The molecule has 0 saturated heterocycles. The number of carbonyl (C=O) groups excluding carboxylic acids is 2. The molecule has 43 heavy (non-hydrogen) atoms. The van der Waals surface area contributed by atoms with E-state index in [1.807, 2.05) is 24.3 Å². The number of rotatable bonds is 10. The number of hydrogen-bond acceptors (Lipinski definition) is 8. The van der Waals surface area contributed by atoms with Gasteiger partial charge in [-0.3, -0.25) is 0 Å². The third kappa shape index (κ3) is 7.05. The number of aromatic hydroxyl groups is 2. The Morgan fingerprint density at radius 3 is 1.23 bits per heavy atom. The molecule has 0 aromatic heterocycles. The van der Waals surface area contributed by atoms with Gasteiger partial charge in [-0.15, -0.1) is 0 Å². The highest BCUT2D eigenvalue weighted by molar-refractivity contribution is 5.89. The molecule has 0 atom stereocenters. The lowest BCUT2D eigenvalue weighted by molar-refractivity contribution is -0.131. The minimum atomic E-state index is -0.646. The molecule has 8 heteroatoms. The molecule has 0 aliphatic heterocycles. The van der Waals surface area contributed by atoms with E-state index in [2.05, 4.69) is 27.0 Å². The zero-order valence-corrected chi connectivity index (χ0v) is 24.3. The van der Waals surface area contributed by atoms with Crippen molar-refractivity contribution in [2.24, 2.45) is 0 Å². The Balaban J connectivity index is 1.46. The number of para-hydroxylation sites is 2. The van der Waals surface area contributed by atoms with Crippen molar-refractivity contribution < 1.29 is 38.7 Å². The van der Waals surface area contributed by atoms with Crippen molar-refractivity contribution in [3.63, 3.8) is 0 Å². The van der Waals surface area contributed by atoms with Crippen LogP contribution in [0, 0.1) is 0 Å². The first kappa shape index (κ1) is 30.5. The fourth-order valence-electron chi connectivity index (χ4n) is 4.01. The largest absolute Gasteiger partial charge is 0.502 e. The minimum Gasteiger partial charge on any atom is -0.502 e. The molecule has 0 saturated carbocycles. The maximum absolute atomic E-state index is 11.9. The van der Waals surface area contributed by atoms with Gasteiger partial charge in [-0.25, -0.2) is 9.59 Å². The second-order valence-electron chi connectivity index (χ2n) is 10.4. The van der Waals surface area contributed by atoms with E-state index in [0.29, 0.717) is 11.5 Å². The van der Waals surface area contributed by atoms with E-state index in [0.717, 1.165) is 11.1 Å². The van der Waals surface area contributed by atoms with Crippen LogP contribution in [0.4, 0.5) is 0 Å². The van der Waals surface area contributed by atoms with Crippen molar-refractivity contribution in [1.82, 2.24) is 0 Å². The fraction of sp³-hybridized carbons (Fsp3) is 0.143. The Morgan fingerprint density at radius 1 is 0.581 bits per heavy atom. The van der Waals surface area contributed by atoms with E-state index >= 15 is 0 Å². The first-order valence-electron chi connectivity index (χ1n) is 13.3. The van der Waals surface area contributed by atoms with Crippen LogP contribution >= 0.6 is 0 Å². The highest BCUT2D eigenvalue weighted by Gasteiger charge is 2.24. The molecule has 0 aliphatic rings. The van der Waals surface area contributed by atoms with Crippen LogP contribution in [0.15, 0.2) is 109 Å². The summed E-state index contributed by atoms with van der Waals surface area (Å²) in [5.41, 5.74) is 2.03. The molecule has 2 N–H and O–H groups in total. The molecule has 0 unspecified atom stereocenters. The molecule has 4 aromatic rings. The lowest BCUT2D eigenvalue weighted by Gasteiger charge is -2.26. The Labute approximate surface area is 250 Å². The third-order valence-corrected chi connectivity index (χ3v) is 6.63. The van der Waals surface area contributed by atoms with Crippen molar-refractivity contribution in [3.05, 3.63) is 120 Å². The molecule has 4 aromatic carbocycles. The summed E-state index contributed by atoms with van der Waals surface area (Å²) in [7, 11) is 0. The van der Waals surface area contributed by atoms with Crippen molar-refractivity contribution in [3.8, 4) is 46.0 Å². The smallest absolute Gasteiger partial charge is 0.338 e. The highest BCUT2D eigenvalue weighted by atomic mass is 16.6. The van der Waals surface area contributed by atoms with Gasteiger partial charge in [0.2, 0.25) is 11.5 Å². The number of esters is 2. The molecular weight excluding hydrogens is 548 g/mol. The van der Waals surface area contributed by atoms with Gasteiger partial charge < -0.3 is 29.2 Å². The van der Waals surface area contributed by atoms with Crippen LogP contribution in [-0.4, -0.2) is 22.2 Å². The van der Waals surface area contributed by atoms with E-state index in [1.165, 1.54) is 26.0 Å². The Bertz CT molecular complexity index is 1560. The fourth-order valence-corrected chi connectivity index (χ4v) is 4.01. The van der Waals surface area contributed by atoms with E-state index in [9.17, 15) is 19.8 Å². The summed E-state index contributed by atoms with van der Waals surface area (Å²) < 4.78 is 22.0. The van der Waals surface area contributed by atoms with Crippen LogP contribution in [0.5, 0.6) is 46.0 Å². The van der Waals surface area contributed by atoms with Crippen LogP contribution in [-0.2, 0) is 15.0 Å². The van der Waals surface area contributed by atoms with Crippen LogP contribution in [0.1, 0.15) is 38.8 Å². The lowest BCUT2D eigenvalue weighted by atomic mass is 9.78. The zero-order valence-electron chi connectivity index (χ0n) is 24.3.